The van der Waals surface area contributed by atoms with Crippen molar-refractivity contribution in [2.45, 2.75) is 6.92 Å². The Labute approximate surface area is 92.6 Å². The van der Waals surface area contributed by atoms with Crippen molar-refractivity contribution in [3.63, 3.8) is 0 Å². The van der Waals surface area contributed by atoms with Crippen molar-refractivity contribution in [1.82, 2.24) is 15.0 Å². The Morgan fingerprint density at radius 1 is 1.31 bits per heavy atom. The molecule has 0 radical (unpaired) electrons. The minimum atomic E-state index is -0.386. The van der Waals surface area contributed by atoms with Gasteiger partial charge in [0.15, 0.2) is 5.82 Å². The van der Waals surface area contributed by atoms with Crippen LogP contribution in [0.2, 0.25) is 0 Å². The molecule has 4 nitrogen and oxygen atoms in total. The van der Waals surface area contributed by atoms with Crippen LogP contribution in [0.4, 0.5) is 10.2 Å². The Hall–Kier alpha value is -2.04. The van der Waals surface area contributed by atoms with Crippen molar-refractivity contribution in [3.8, 4) is 11.3 Å². The second-order valence-electron chi connectivity index (χ2n) is 3.29. The number of aromatic nitrogens is 3. The van der Waals surface area contributed by atoms with Crippen molar-refractivity contribution in [2.75, 3.05) is 12.4 Å². The standard InChI is InChI=1S/C11H11FN4/c1-7-15-10(5-11(13-2)16-7)8-3-4-14-6-9(8)12/h3-6H,1-2H3,(H,13,15,16). The molecule has 2 rings (SSSR count). The van der Waals surface area contributed by atoms with Gasteiger partial charge in [0.2, 0.25) is 0 Å². The molecular formula is C11H11FN4. The van der Waals surface area contributed by atoms with Crippen LogP contribution in [0.15, 0.2) is 24.5 Å². The number of aryl methyl sites for hydroxylation is 1. The average Bonchev–Trinajstić information content (AvgIpc) is 2.28. The molecule has 0 aliphatic carbocycles. The Morgan fingerprint density at radius 3 is 2.81 bits per heavy atom. The normalized spacial score (nSPS) is 10.2. The van der Waals surface area contributed by atoms with E-state index in [1.807, 2.05) is 0 Å². The molecule has 0 amide bonds. The van der Waals surface area contributed by atoms with Gasteiger partial charge in [-0.05, 0) is 13.0 Å². The fourth-order valence-corrected chi connectivity index (χ4v) is 1.42. The van der Waals surface area contributed by atoms with Crippen molar-refractivity contribution >= 4 is 5.82 Å². The minimum Gasteiger partial charge on any atom is -0.373 e. The summed E-state index contributed by atoms with van der Waals surface area (Å²) in [5.74, 6) is 0.874. The van der Waals surface area contributed by atoms with E-state index in [-0.39, 0.29) is 5.82 Å². The second-order valence-corrected chi connectivity index (χ2v) is 3.29. The molecule has 16 heavy (non-hydrogen) atoms. The Bertz CT molecular complexity index is 513. The summed E-state index contributed by atoms with van der Waals surface area (Å²) in [5.41, 5.74) is 0.980. The topological polar surface area (TPSA) is 50.7 Å². The molecule has 0 saturated carbocycles. The number of anilines is 1. The third-order valence-electron chi connectivity index (χ3n) is 2.14. The van der Waals surface area contributed by atoms with Crippen LogP contribution in [0, 0.1) is 12.7 Å². The molecular weight excluding hydrogens is 207 g/mol. The van der Waals surface area contributed by atoms with E-state index in [1.54, 1.807) is 26.1 Å². The SMILES string of the molecule is CNc1cc(-c2ccncc2F)nc(C)n1. The van der Waals surface area contributed by atoms with Crippen LogP contribution >= 0.6 is 0 Å². The third-order valence-corrected chi connectivity index (χ3v) is 2.14. The van der Waals surface area contributed by atoms with E-state index in [1.165, 1.54) is 12.4 Å². The predicted octanol–water partition coefficient (Wildman–Crippen LogP) is 2.03. The highest BCUT2D eigenvalue weighted by atomic mass is 19.1. The van der Waals surface area contributed by atoms with Crippen LogP contribution < -0.4 is 5.32 Å². The lowest BCUT2D eigenvalue weighted by Gasteiger charge is -2.06. The number of hydrogen-bond donors (Lipinski definition) is 1. The third kappa shape index (κ3) is 1.98. The van der Waals surface area contributed by atoms with Crippen molar-refractivity contribution in [1.29, 1.82) is 0 Å². The quantitative estimate of drug-likeness (QED) is 0.837. The highest BCUT2D eigenvalue weighted by Gasteiger charge is 2.08. The van der Waals surface area contributed by atoms with Crippen molar-refractivity contribution < 1.29 is 4.39 Å². The molecule has 0 fully saturated rings. The number of nitrogens with zero attached hydrogens (tertiary/aromatic N) is 3. The molecule has 0 aromatic carbocycles. The van der Waals surface area contributed by atoms with E-state index in [0.29, 0.717) is 22.9 Å². The molecule has 0 atom stereocenters. The largest absolute Gasteiger partial charge is 0.373 e. The molecule has 0 saturated heterocycles. The summed E-state index contributed by atoms with van der Waals surface area (Å²) in [6, 6.07) is 3.29. The van der Waals surface area contributed by atoms with Gasteiger partial charge in [0.05, 0.1) is 11.9 Å². The van der Waals surface area contributed by atoms with Gasteiger partial charge in [-0.3, -0.25) is 4.98 Å². The molecule has 2 heterocycles. The van der Waals surface area contributed by atoms with Gasteiger partial charge in [-0.25, -0.2) is 14.4 Å². The van der Waals surface area contributed by atoms with Crippen LogP contribution in [-0.4, -0.2) is 22.0 Å². The van der Waals surface area contributed by atoms with Gasteiger partial charge >= 0.3 is 0 Å². The fourth-order valence-electron chi connectivity index (χ4n) is 1.42. The zero-order valence-electron chi connectivity index (χ0n) is 9.03. The number of nitrogens with one attached hydrogen (secondary N) is 1. The molecule has 0 bridgehead atoms. The summed E-state index contributed by atoms with van der Waals surface area (Å²) < 4.78 is 13.5. The van der Waals surface area contributed by atoms with Gasteiger partial charge in [-0.2, -0.15) is 0 Å². The van der Waals surface area contributed by atoms with Gasteiger partial charge < -0.3 is 5.32 Å². The second kappa shape index (κ2) is 4.22. The monoisotopic (exact) mass is 218 g/mol. The number of pyridine rings is 1. The van der Waals surface area contributed by atoms with E-state index >= 15 is 0 Å². The number of halogens is 1. The lowest BCUT2D eigenvalue weighted by Crippen LogP contribution is -1.99. The zero-order chi connectivity index (χ0) is 11.5. The highest BCUT2D eigenvalue weighted by molar-refractivity contribution is 5.62. The maximum Gasteiger partial charge on any atom is 0.150 e. The lowest BCUT2D eigenvalue weighted by molar-refractivity contribution is 0.624. The van der Waals surface area contributed by atoms with Gasteiger partial charge in [0.25, 0.3) is 0 Å². The first kappa shape index (κ1) is 10.5. The molecule has 5 heteroatoms. The number of hydrogen-bond acceptors (Lipinski definition) is 4. The first-order valence-corrected chi connectivity index (χ1v) is 4.84. The summed E-state index contributed by atoms with van der Waals surface area (Å²) in [4.78, 5) is 12.0. The van der Waals surface area contributed by atoms with E-state index in [0.717, 1.165) is 0 Å². The molecule has 1 N–H and O–H groups in total. The first-order valence-electron chi connectivity index (χ1n) is 4.84. The van der Waals surface area contributed by atoms with Crippen LogP contribution in [0.1, 0.15) is 5.82 Å². The van der Waals surface area contributed by atoms with Gasteiger partial charge in [-0.1, -0.05) is 0 Å². The fraction of sp³-hybridized carbons (Fsp3) is 0.182. The van der Waals surface area contributed by atoms with Crippen LogP contribution in [0.3, 0.4) is 0 Å². The summed E-state index contributed by atoms with van der Waals surface area (Å²) in [7, 11) is 1.76. The Morgan fingerprint density at radius 2 is 2.12 bits per heavy atom. The summed E-state index contributed by atoms with van der Waals surface area (Å²) in [6.07, 6.45) is 2.71. The molecule has 2 aromatic heterocycles. The number of rotatable bonds is 2. The van der Waals surface area contributed by atoms with E-state index in [4.69, 9.17) is 0 Å². The van der Waals surface area contributed by atoms with E-state index < -0.39 is 0 Å². The molecule has 2 aromatic rings. The average molecular weight is 218 g/mol. The molecule has 0 aliphatic heterocycles. The minimum absolute atomic E-state index is 0.386. The van der Waals surface area contributed by atoms with Gasteiger partial charge in [-0.15, -0.1) is 0 Å². The van der Waals surface area contributed by atoms with Gasteiger partial charge in [0, 0.05) is 24.9 Å². The van der Waals surface area contributed by atoms with Crippen LogP contribution in [-0.2, 0) is 0 Å². The maximum absolute atomic E-state index is 13.5. The van der Waals surface area contributed by atoms with Crippen molar-refractivity contribution in [3.05, 3.63) is 36.2 Å². The first-order chi connectivity index (χ1) is 7.70. The Balaban J connectivity index is 2.56. The molecule has 0 spiro atoms. The van der Waals surface area contributed by atoms with E-state index in [2.05, 4.69) is 20.3 Å². The predicted molar refractivity (Wildman–Crippen MR) is 59.5 cm³/mol. The molecule has 0 unspecified atom stereocenters. The lowest BCUT2D eigenvalue weighted by atomic mass is 10.2. The summed E-state index contributed by atoms with van der Waals surface area (Å²) in [6.45, 7) is 1.77. The maximum atomic E-state index is 13.5. The summed E-state index contributed by atoms with van der Waals surface area (Å²) >= 11 is 0. The smallest absolute Gasteiger partial charge is 0.150 e. The molecule has 0 aliphatic rings. The Kier molecular flexibility index (Phi) is 2.76. The summed E-state index contributed by atoms with van der Waals surface area (Å²) in [5, 5.41) is 2.91. The van der Waals surface area contributed by atoms with E-state index in [9.17, 15) is 4.39 Å². The zero-order valence-corrected chi connectivity index (χ0v) is 9.03. The van der Waals surface area contributed by atoms with Crippen LogP contribution in [0.25, 0.3) is 11.3 Å². The molecule has 82 valence electrons. The highest BCUT2D eigenvalue weighted by Crippen LogP contribution is 2.21. The van der Waals surface area contributed by atoms with Gasteiger partial charge in [0.1, 0.15) is 11.6 Å². The van der Waals surface area contributed by atoms with Crippen molar-refractivity contribution in [2.24, 2.45) is 0 Å². The van der Waals surface area contributed by atoms with Crippen LogP contribution in [0.5, 0.6) is 0 Å².